The van der Waals surface area contributed by atoms with Gasteiger partial charge in [-0.2, -0.15) is 0 Å². The van der Waals surface area contributed by atoms with Crippen molar-refractivity contribution in [2.24, 2.45) is 0 Å². The van der Waals surface area contributed by atoms with E-state index in [4.69, 9.17) is 0 Å². The van der Waals surface area contributed by atoms with Crippen molar-refractivity contribution in [2.75, 3.05) is 0 Å². The van der Waals surface area contributed by atoms with Gasteiger partial charge in [0.2, 0.25) is 0 Å². The largest absolute Gasteiger partial charge is 0.289 e. The normalized spacial score (nSPS) is 12.0. The van der Waals surface area contributed by atoms with Crippen molar-refractivity contribution in [2.45, 2.75) is 0 Å². The highest BCUT2D eigenvalue weighted by molar-refractivity contribution is 6.36. The van der Waals surface area contributed by atoms with Crippen LogP contribution in [0.1, 0.15) is 31.8 Å². The van der Waals surface area contributed by atoms with E-state index in [0.717, 1.165) is 77.5 Å². The summed E-state index contributed by atoms with van der Waals surface area (Å²) in [5.74, 6) is -0.310. The Morgan fingerprint density at radius 3 is 0.714 bits per heavy atom. The lowest BCUT2D eigenvalue weighted by molar-refractivity contribution is 0.0980. The minimum absolute atomic E-state index is 0.155. The summed E-state index contributed by atoms with van der Waals surface area (Å²) in [6.07, 6.45) is 0. The molecule has 0 unspecified atom stereocenters. The average molecular weight is 715 g/mol. The van der Waals surface area contributed by atoms with Crippen LogP contribution in [0.3, 0.4) is 0 Å². The maximum atomic E-state index is 15.6. The van der Waals surface area contributed by atoms with Crippen LogP contribution >= 0.6 is 0 Å². The number of benzene rings is 9. The Bertz CT molecular complexity index is 2730. The van der Waals surface area contributed by atoms with Crippen molar-refractivity contribution in [3.05, 3.63) is 229 Å². The monoisotopic (exact) mass is 714 g/mol. The van der Waals surface area contributed by atoms with E-state index in [9.17, 15) is 0 Å². The molecule has 1 aliphatic rings. The number of fused-ring (bicyclic) bond motifs is 3. The van der Waals surface area contributed by atoms with Crippen molar-refractivity contribution in [3.63, 3.8) is 0 Å². The summed E-state index contributed by atoms with van der Waals surface area (Å²) in [6, 6.07) is 69.6. The molecule has 2 nitrogen and oxygen atoms in total. The molecule has 56 heavy (non-hydrogen) atoms. The molecule has 0 radical (unpaired) electrons. The van der Waals surface area contributed by atoms with Crippen molar-refractivity contribution in [1.29, 1.82) is 0 Å². The topological polar surface area (TPSA) is 34.1 Å². The van der Waals surface area contributed by atoms with Crippen molar-refractivity contribution in [3.8, 4) is 66.8 Å². The van der Waals surface area contributed by atoms with E-state index in [0.29, 0.717) is 22.3 Å². The summed E-state index contributed by atoms with van der Waals surface area (Å²) in [5, 5.41) is 1.84. The lowest BCUT2D eigenvalue weighted by atomic mass is 9.72. The van der Waals surface area contributed by atoms with E-state index in [-0.39, 0.29) is 11.6 Å². The summed E-state index contributed by atoms with van der Waals surface area (Å²) < 4.78 is 0. The molecule has 0 aromatic heterocycles. The van der Waals surface area contributed by atoms with E-state index in [2.05, 4.69) is 84.9 Å². The molecule has 0 saturated carbocycles. The van der Waals surface area contributed by atoms with Crippen molar-refractivity contribution < 1.29 is 9.59 Å². The summed E-state index contributed by atoms with van der Waals surface area (Å²) in [7, 11) is 0. The highest BCUT2D eigenvalue weighted by Crippen LogP contribution is 2.50. The lowest BCUT2D eigenvalue weighted by Gasteiger charge is -2.28. The molecule has 0 spiro atoms. The molecule has 0 atom stereocenters. The molecule has 0 bridgehead atoms. The third-order valence-electron chi connectivity index (χ3n) is 11.0. The second kappa shape index (κ2) is 13.8. The fraction of sp³-hybridized carbons (Fsp3) is 0. The molecule has 9 aromatic carbocycles. The van der Waals surface area contributed by atoms with Gasteiger partial charge in [0, 0.05) is 33.4 Å². The number of hydrogen-bond donors (Lipinski definition) is 0. The minimum Gasteiger partial charge on any atom is -0.289 e. The Balaban J connectivity index is 1.37. The fourth-order valence-corrected chi connectivity index (χ4v) is 8.47. The van der Waals surface area contributed by atoms with E-state index in [1.54, 1.807) is 0 Å². The molecular formula is C54H34O2. The molecule has 1 aliphatic carbocycles. The summed E-state index contributed by atoms with van der Waals surface area (Å²) in [4.78, 5) is 31.2. The number of carbonyl (C=O) groups is 2. The van der Waals surface area contributed by atoms with E-state index in [1.807, 2.05) is 121 Å². The molecule has 10 rings (SSSR count). The van der Waals surface area contributed by atoms with Gasteiger partial charge in [0.15, 0.2) is 11.6 Å². The molecule has 0 heterocycles. The summed E-state index contributed by atoms with van der Waals surface area (Å²) in [6.45, 7) is 0. The molecule has 0 fully saturated rings. The molecule has 0 saturated heterocycles. The van der Waals surface area contributed by atoms with E-state index < -0.39 is 0 Å². The fourth-order valence-electron chi connectivity index (χ4n) is 8.47. The van der Waals surface area contributed by atoms with Gasteiger partial charge in [-0.05, 0) is 90.7 Å². The average Bonchev–Trinajstić information content (AvgIpc) is 3.28. The zero-order valence-corrected chi connectivity index (χ0v) is 30.4. The lowest BCUT2D eigenvalue weighted by Crippen LogP contribution is -2.24. The molecular weight excluding hydrogens is 681 g/mol. The van der Waals surface area contributed by atoms with Gasteiger partial charge in [0.1, 0.15) is 0 Å². The number of hydrogen-bond acceptors (Lipinski definition) is 2. The van der Waals surface area contributed by atoms with Crippen LogP contribution in [-0.2, 0) is 0 Å². The van der Waals surface area contributed by atoms with Crippen molar-refractivity contribution in [1.82, 2.24) is 0 Å². The van der Waals surface area contributed by atoms with Crippen LogP contribution in [0.5, 0.6) is 0 Å². The SMILES string of the molecule is O=C1c2cc(-c3ccccc3)c(-c3ccccc3)cc2C(=O)c2c1c(-c1ccccc1)c1cc(-c3ccccc3)c(-c3ccccc3)cc1c2-c1ccccc1. The molecule has 9 aromatic rings. The predicted molar refractivity (Wildman–Crippen MR) is 230 cm³/mol. The molecule has 262 valence electrons. The quantitative estimate of drug-likeness (QED) is 0.172. The van der Waals surface area contributed by atoms with Gasteiger partial charge >= 0.3 is 0 Å². The zero-order chi connectivity index (χ0) is 37.6. The molecule has 0 N–H and O–H groups in total. The second-order valence-electron chi connectivity index (χ2n) is 14.2. The Morgan fingerprint density at radius 1 is 0.214 bits per heavy atom. The highest BCUT2D eigenvalue weighted by atomic mass is 16.1. The standard InChI is InChI=1S/C54H34O2/c55-53-47-33-43(37-23-11-3-12-24-37)44(38-25-13-4-14-26-38)34-48(47)54(56)52-50(40-29-17-6-18-30-40)46-32-42(36-21-9-2-10-22-36)41(35-19-7-1-8-20-35)31-45(46)49(51(52)53)39-27-15-5-16-28-39/h1-34H. The van der Waals surface area contributed by atoms with Crippen LogP contribution in [-0.4, -0.2) is 11.6 Å². The Labute approximate surface area is 326 Å². The number of carbonyl (C=O) groups excluding carboxylic acids is 2. The summed E-state index contributed by atoms with van der Waals surface area (Å²) in [5.41, 5.74) is 13.0. The maximum Gasteiger partial charge on any atom is 0.195 e. The van der Waals surface area contributed by atoms with Gasteiger partial charge in [-0.1, -0.05) is 182 Å². The highest BCUT2D eigenvalue weighted by Gasteiger charge is 2.38. The minimum atomic E-state index is -0.155. The van der Waals surface area contributed by atoms with Gasteiger partial charge < -0.3 is 0 Å². The van der Waals surface area contributed by atoms with Gasteiger partial charge in [-0.25, -0.2) is 0 Å². The van der Waals surface area contributed by atoms with Crippen LogP contribution in [0.25, 0.3) is 77.5 Å². The van der Waals surface area contributed by atoms with E-state index >= 15 is 9.59 Å². The first kappa shape index (κ1) is 33.2. The molecule has 0 amide bonds. The van der Waals surface area contributed by atoms with Gasteiger partial charge in [0.05, 0.1) is 0 Å². The Morgan fingerprint density at radius 2 is 0.446 bits per heavy atom. The number of ketones is 2. The number of rotatable bonds is 6. The summed E-state index contributed by atoms with van der Waals surface area (Å²) >= 11 is 0. The predicted octanol–water partition coefficient (Wildman–Crippen LogP) is 13.6. The smallest absolute Gasteiger partial charge is 0.195 e. The first-order valence-corrected chi connectivity index (χ1v) is 18.9. The molecule has 2 heteroatoms. The third-order valence-corrected chi connectivity index (χ3v) is 11.0. The van der Waals surface area contributed by atoms with Gasteiger partial charge in [-0.3, -0.25) is 9.59 Å². The Hall–Kier alpha value is -7.42. The zero-order valence-electron chi connectivity index (χ0n) is 30.4. The third kappa shape index (κ3) is 5.51. The first-order valence-electron chi connectivity index (χ1n) is 18.9. The maximum absolute atomic E-state index is 15.6. The van der Waals surface area contributed by atoms with Gasteiger partial charge in [-0.15, -0.1) is 0 Å². The van der Waals surface area contributed by atoms with E-state index in [1.165, 1.54) is 0 Å². The van der Waals surface area contributed by atoms with Crippen LogP contribution < -0.4 is 0 Å². The van der Waals surface area contributed by atoms with Crippen LogP contribution in [0.15, 0.2) is 206 Å². The van der Waals surface area contributed by atoms with Crippen LogP contribution in [0, 0.1) is 0 Å². The van der Waals surface area contributed by atoms with Gasteiger partial charge in [0.25, 0.3) is 0 Å². The molecule has 0 aliphatic heterocycles. The van der Waals surface area contributed by atoms with Crippen molar-refractivity contribution >= 4 is 22.3 Å². The van der Waals surface area contributed by atoms with Crippen LogP contribution in [0.2, 0.25) is 0 Å². The second-order valence-corrected chi connectivity index (χ2v) is 14.2. The first-order chi connectivity index (χ1) is 27.7. The Kier molecular flexibility index (Phi) is 8.16. The van der Waals surface area contributed by atoms with Crippen LogP contribution in [0.4, 0.5) is 0 Å².